The third-order valence-electron chi connectivity index (χ3n) is 13.2. The Labute approximate surface area is 336 Å². The van der Waals surface area contributed by atoms with Crippen molar-refractivity contribution >= 4 is 42.4 Å². The molecule has 10 nitrogen and oxygen atoms in total. The summed E-state index contributed by atoms with van der Waals surface area (Å²) in [6.07, 6.45) is 2.45. The molecule has 5 atom stereocenters. The highest BCUT2D eigenvalue weighted by atomic mass is 28.3. The fraction of sp³-hybridized carbons (Fsp3) is 0.413. The Bertz CT molecular complexity index is 2180. The highest BCUT2D eigenvalue weighted by Crippen LogP contribution is 2.60. The molecule has 11 heteroatoms. The van der Waals surface area contributed by atoms with Gasteiger partial charge in [-0.3, -0.25) is 14.4 Å². The lowest BCUT2D eigenvalue weighted by Gasteiger charge is -2.39. The van der Waals surface area contributed by atoms with Crippen LogP contribution in [-0.4, -0.2) is 75.3 Å². The second-order valence-corrected chi connectivity index (χ2v) is 21.3. The van der Waals surface area contributed by atoms with E-state index in [1.54, 1.807) is 19.1 Å². The molecule has 4 aliphatic rings. The number of methoxy groups -OCH3 is 2. The Morgan fingerprint density at radius 3 is 2.37 bits per heavy atom. The van der Waals surface area contributed by atoms with Crippen LogP contribution in [-0.2, 0) is 44.2 Å². The minimum atomic E-state index is -2.54. The summed E-state index contributed by atoms with van der Waals surface area (Å²) in [7, 11) is 0.729. The van der Waals surface area contributed by atoms with Gasteiger partial charge in [0.15, 0.2) is 5.60 Å². The van der Waals surface area contributed by atoms with Crippen LogP contribution in [0.2, 0.25) is 18.6 Å². The average Bonchev–Trinajstić information content (AvgIpc) is 3.65. The van der Waals surface area contributed by atoms with Gasteiger partial charge in [0.25, 0.3) is 5.91 Å². The van der Waals surface area contributed by atoms with E-state index in [1.165, 1.54) is 5.19 Å². The Balaban J connectivity index is 1.19. The molecule has 4 heterocycles. The summed E-state index contributed by atoms with van der Waals surface area (Å²) in [6, 6.07) is 29.6. The first kappa shape index (κ1) is 38.9. The molecule has 298 valence electrons. The van der Waals surface area contributed by atoms with E-state index in [2.05, 4.69) is 38.2 Å². The van der Waals surface area contributed by atoms with Crippen LogP contribution in [0.15, 0.2) is 91.0 Å². The molecule has 1 N–H and O–H groups in total. The number of hydrogen-bond donors (Lipinski definition) is 1. The second kappa shape index (κ2) is 15.4. The lowest BCUT2D eigenvalue weighted by Crippen LogP contribution is -2.52. The van der Waals surface area contributed by atoms with E-state index in [1.807, 2.05) is 82.6 Å². The summed E-state index contributed by atoms with van der Waals surface area (Å²) >= 11 is 0. The number of carbonyl (C=O) groups excluding carboxylic acids is 3. The van der Waals surface area contributed by atoms with E-state index in [9.17, 15) is 14.7 Å². The number of piperidine rings is 1. The highest BCUT2D eigenvalue weighted by molar-refractivity contribution is 6.91. The van der Waals surface area contributed by atoms with E-state index < -0.39 is 19.8 Å². The standard InChI is InChI=1S/C46H53N3O7Si/c1-30-44(57(4,5)38-19-16-36(54-2)17-20-38)41(26-43(52)48-28-33-13-7-6-12-32(33)24-35(48)29-50)56-46(30)39-25-37(55-3)18-21-40(39)49(45(46)53)27-31-11-10-14-34(23-31)47-22-9-8-15-42(47)51/h6-7,10-14,16-21,23,25,30,35,41,44,50H,8-9,15,22,24,26-29H2,1-5H3/t30-,35+,41+,44-,46+/m1/s1. The number of carbonyl (C=O) groups is 3. The first-order chi connectivity index (χ1) is 27.5. The van der Waals surface area contributed by atoms with Crippen LogP contribution in [0, 0.1) is 5.92 Å². The summed E-state index contributed by atoms with van der Waals surface area (Å²) < 4.78 is 18.6. The van der Waals surface area contributed by atoms with E-state index >= 15 is 4.79 Å². The van der Waals surface area contributed by atoms with Gasteiger partial charge in [-0.2, -0.15) is 0 Å². The molecule has 2 fully saturated rings. The molecule has 1 spiro atoms. The lowest BCUT2D eigenvalue weighted by molar-refractivity contribution is -0.151. The molecule has 57 heavy (non-hydrogen) atoms. The van der Waals surface area contributed by atoms with Crippen molar-refractivity contribution in [3.63, 3.8) is 0 Å². The number of aliphatic hydroxyl groups is 1. The van der Waals surface area contributed by atoms with Crippen LogP contribution < -0.4 is 24.5 Å². The summed E-state index contributed by atoms with van der Waals surface area (Å²) in [5, 5.41) is 11.7. The molecule has 3 amide bonds. The zero-order valence-corrected chi connectivity index (χ0v) is 34.6. The van der Waals surface area contributed by atoms with Crippen LogP contribution in [0.4, 0.5) is 11.4 Å². The molecular formula is C46H53N3O7Si. The van der Waals surface area contributed by atoms with Crippen LogP contribution >= 0.6 is 0 Å². The van der Waals surface area contributed by atoms with E-state index in [0.717, 1.165) is 52.2 Å². The van der Waals surface area contributed by atoms with Crippen LogP contribution in [0.3, 0.4) is 0 Å². The largest absolute Gasteiger partial charge is 0.497 e. The Morgan fingerprint density at radius 2 is 1.65 bits per heavy atom. The monoisotopic (exact) mass is 787 g/mol. The van der Waals surface area contributed by atoms with Crippen molar-refractivity contribution in [2.45, 2.75) is 88.5 Å². The van der Waals surface area contributed by atoms with Crippen molar-refractivity contribution in [1.82, 2.24) is 4.90 Å². The number of anilines is 2. The van der Waals surface area contributed by atoms with Gasteiger partial charge in [-0.1, -0.05) is 73.7 Å². The number of aliphatic hydroxyl groups excluding tert-OH is 1. The quantitative estimate of drug-likeness (QED) is 0.188. The minimum Gasteiger partial charge on any atom is -0.497 e. The van der Waals surface area contributed by atoms with Crippen LogP contribution in [0.5, 0.6) is 11.5 Å². The van der Waals surface area contributed by atoms with E-state index in [4.69, 9.17) is 14.2 Å². The molecule has 0 bridgehead atoms. The smallest absolute Gasteiger partial charge is 0.264 e. The van der Waals surface area contributed by atoms with Crippen molar-refractivity contribution < 1.29 is 33.7 Å². The summed E-state index contributed by atoms with van der Waals surface area (Å²) in [6.45, 7) is 7.96. The van der Waals surface area contributed by atoms with E-state index in [-0.39, 0.29) is 54.8 Å². The van der Waals surface area contributed by atoms with Gasteiger partial charge in [0.1, 0.15) is 11.5 Å². The Hall–Kier alpha value is -4.97. The second-order valence-electron chi connectivity index (χ2n) is 16.6. The number of benzene rings is 4. The molecule has 4 aromatic rings. The molecule has 4 aliphatic heterocycles. The number of fused-ring (bicyclic) bond motifs is 3. The third kappa shape index (κ3) is 6.73. The molecule has 2 saturated heterocycles. The minimum absolute atomic E-state index is 0.0699. The van der Waals surface area contributed by atoms with Gasteiger partial charge in [0.2, 0.25) is 11.8 Å². The van der Waals surface area contributed by atoms with Crippen molar-refractivity contribution in [2.24, 2.45) is 5.92 Å². The number of rotatable bonds is 10. The van der Waals surface area contributed by atoms with Gasteiger partial charge >= 0.3 is 0 Å². The van der Waals surface area contributed by atoms with Gasteiger partial charge in [0.05, 0.1) is 59.7 Å². The Morgan fingerprint density at radius 1 is 0.912 bits per heavy atom. The molecule has 0 saturated carbocycles. The molecule has 4 aromatic carbocycles. The maximum atomic E-state index is 15.5. The predicted molar refractivity (Wildman–Crippen MR) is 223 cm³/mol. The van der Waals surface area contributed by atoms with Gasteiger partial charge in [0, 0.05) is 36.7 Å². The zero-order valence-electron chi connectivity index (χ0n) is 33.6. The van der Waals surface area contributed by atoms with Crippen LogP contribution in [0.1, 0.15) is 54.9 Å². The maximum absolute atomic E-state index is 15.5. The number of amides is 3. The van der Waals surface area contributed by atoms with Crippen molar-refractivity contribution in [1.29, 1.82) is 0 Å². The molecule has 0 aliphatic carbocycles. The number of ether oxygens (including phenoxy) is 3. The van der Waals surface area contributed by atoms with Crippen molar-refractivity contribution in [3.8, 4) is 11.5 Å². The number of hydrogen-bond acceptors (Lipinski definition) is 7. The average molecular weight is 788 g/mol. The highest BCUT2D eigenvalue weighted by Gasteiger charge is 2.66. The van der Waals surface area contributed by atoms with Gasteiger partial charge < -0.3 is 34.0 Å². The summed E-state index contributed by atoms with van der Waals surface area (Å²) in [4.78, 5) is 48.4. The van der Waals surface area contributed by atoms with Crippen LogP contribution in [0.25, 0.3) is 0 Å². The summed E-state index contributed by atoms with van der Waals surface area (Å²) in [5.41, 5.74) is 3.90. The first-order valence-corrected chi connectivity index (χ1v) is 23.3. The van der Waals surface area contributed by atoms with E-state index in [0.29, 0.717) is 31.7 Å². The summed E-state index contributed by atoms with van der Waals surface area (Å²) in [5.74, 6) is 0.908. The molecule has 0 aromatic heterocycles. The molecule has 0 radical (unpaired) electrons. The topological polar surface area (TPSA) is 109 Å². The zero-order chi connectivity index (χ0) is 40.1. The normalized spacial score (nSPS) is 24.5. The fourth-order valence-corrected chi connectivity index (χ4v) is 14.2. The maximum Gasteiger partial charge on any atom is 0.264 e. The lowest BCUT2D eigenvalue weighted by atomic mass is 9.82. The van der Waals surface area contributed by atoms with Gasteiger partial charge in [-0.05, 0) is 84.0 Å². The van der Waals surface area contributed by atoms with Gasteiger partial charge in [-0.25, -0.2) is 0 Å². The number of nitrogens with zero attached hydrogens (tertiary/aromatic N) is 3. The molecule has 0 unspecified atom stereocenters. The Kier molecular flexibility index (Phi) is 10.5. The van der Waals surface area contributed by atoms with Crippen molar-refractivity contribution in [2.75, 3.05) is 37.2 Å². The molecular weight excluding hydrogens is 735 g/mol. The predicted octanol–water partition coefficient (Wildman–Crippen LogP) is 6.32. The third-order valence-corrected chi connectivity index (χ3v) is 17.6. The molecule has 8 rings (SSSR count). The SMILES string of the molecule is COc1ccc([Si](C)(C)[C@H]2[C@H](CC(=O)N3Cc4ccccc4C[C@H]3CO)O[C@@]3(C(=O)N(Cc4cccc(N5CCCCC5=O)c4)c4ccc(OC)cc43)[C@@H]2C)cc1. The van der Waals surface area contributed by atoms with Crippen molar-refractivity contribution in [3.05, 3.63) is 113 Å². The fourth-order valence-electron chi connectivity index (χ4n) is 10.2. The van der Waals surface area contributed by atoms with Gasteiger partial charge in [-0.15, -0.1) is 0 Å². The first-order valence-electron chi connectivity index (χ1n) is 20.2.